The summed E-state index contributed by atoms with van der Waals surface area (Å²) < 4.78 is 1.75. The predicted octanol–water partition coefficient (Wildman–Crippen LogP) is 2.44. The average Bonchev–Trinajstić information content (AvgIpc) is 2.83. The summed E-state index contributed by atoms with van der Waals surface area (Å²) in [6.45, 7) is 3.20. The van der Waals surface area contributed by atoms with Crippen LogP contribution < -0.4 is 5.56 Å². The molecule has 0 aliphatic carbocycles. The third-order valence-corrected chi connectivity index (χ3v) is 4.79. The van der Waals surface area contributed by atoms with Gasteiger partial charge in [-0.2, -0.15) is 10.4 Å². The molecule has 0 aromatic carbocycles. The molecule has 0 aliphatic heterocycles. The Bertz CT molecular complexity index is 786. The maximum Gasteiger partial charge on any atom is 0.285 e. The second-order valence-corrected chi connectivity index (χ2v) is 5.95. The van der Waals surface area contributed by atoms with Crippen LogP contribution >= 0.6 is 27.3 Å². The Morgan fingerprint density at radius 1 is 1.55 bits per heavy atom. The fourth-order valence-corrected chi connectivity index (χ4v) is 3.24. The van der Waals surface area contributed by atoms with Gasteiger partial charge in [0.25, 0.3) is 5.56 Å². The number of ketones is 1. The number of hydrogen-bond acceptors (Lipinski definition) is 5. The Kier molecular flexibility index (Phi) is 4.16. The van der Waals surface area contributed by atoms with Crippen LogP contribution in [0.15, 0.2) is 20.7 Å². The second kappa shape index (κ2) is 5.69. The lowest BCUT2D eigenvalue weighted by molar-refractivity contribution is 0.0968. The summed E-state index contributed by atoms with van der Waals surface area (Å²) >= 11 is 4.58. The van der Waals surface area contributed by atoms with Crippen molar-refractivity contribution in [3.8, 4) is 6.07 Å². The highest BCUT2D eigenvalue weighted by molar-refractivity contribution is 9.10. The minimum absolute atomic E-state index is 0.0375. The Hall–Kier alpha value is -1.78. The predicted molar refractivity (Wildman–Crippen MR) is 79.0 cm³/mol. The smallest absolute Gasteiger partial charge is 0.285 e. The molecule has 0 N–H and O–H groups in total. The standard InChI is InChI=1S/C13H10BrN3O2S/c1-7-8(2)16-17(13(19)9(7)5-15)6-11(18)12-10(14)3-4-20-12/h3-4H,6H2,1-2H3. The molecule has 0 saturated carbocycles. The zero-order valence-corrected chi connectivity index (χ0v) is 13.2. The number of rotatable bonds is 3. The number of carbonyl (C=O) groups excluding carboxylic acids is 1. The summed E-state index contributed by atoms with van der Waals surface area (Å²) in [6.07, 6.45) is 0. The Morgan fingerprint density at radius 2 is 2.25 bits per heavy atom. The van der Waals surface area contributed by atoms with E-state index in [1.54, 1.807) is 25.3 Å². The van der Waals surface area contributed by atoms with Gasteiger partial charge < -0.3 is 0 Å². The van der Waals surface area contributed by atoms with Gasteiger partial charge in [-0.25, -0.2) is 4.68 Å². The maximum atomic E-state index is 12.1. The van der Waals surface area contributed by atoms with Crippen LogP contribution in [-0.4, -0.2) is 15.6 Å². The molecular formula is C13H10BrN3O2S. The molecule has 0 unspecified atom stereocenters. The number of nitrogens with zero attached hydrogens (tertiary/aromatic N) is 3. The van der Waals surface area contributed by atoms with Crippen molar-refractivity contribution in [1.82, 2.24) is 9.78 Å². The summed E-state index contributed by atoms with van der Waals surface area (Å²) in [5, 5.41) is 14.9. The fourth-order valence-electron chi connectivity index (χ4n) is 1.71. The van der Waals surface area contributed by atoms with Crippen LogP contribution in [-0.2, 0) is 6.54 Å². The van der Waals surface area contributed by atoms with E-state index in [0.717, 1.165) is 4.68 Å². The number of Topliss-reactive ketones (excluding diaryl/α,β-unsaturated/α-hetero) is 1. The highest BCUT2D eigenvalue weighted by Crippen LogP contribution is 2.23. The van der Waals surface area contributed by atoms with Crippen LogP contribution in [0.2, 0.25) is 0 Å². The maximum absolute atomic E-state index is 12.1. The first-order chi connectivity index (χ1) is 9.45. The van der Waals surface area contributed by atoms with Crippen molar-refractivity contribution in [2.45, 2.75) is 20.4 Å². The van der Waals surface area contributed by atoms with E-state index in [2.05, 4.69) is 21.0 Å². The molecule has 5 nitrogen and oxygen atoms in total. The monoisotopic (exact) mass is 351 g/mol. The van der Waals surface area contributed by atoms with Gasteiger partial charge in [0, 0.05) is 4.47 Å². The topological polar surface area (TPSA) is 75.8 Å². The SMILES string of the molecule is Cc1nn(CC(=O)c2sccc2Br)c(=O)c(C#N)c1C. The van der Waals surface area contributed by atoms with Crippen LogP contribution in [0.4, 0.5) is 0 Å². The number of halogens is 1. The average molecular weight is 352 g/mol. The minimum Gasteiger partial charge on any atom is -0.291 e. The van der Waals surface area contributed by atoms with Gasteiger partial charge in [0.2, 0.25) is 0 Å². The van der Waals surface area contributed by atoms with Crippen molar-refractivity contribution in [2.24, 2.45) is 0 Å². The lowest BCUT2D eigenvalue weighted by Crippen LogP contribution is -2.30. The van der Waals surface area contributed by atoms with Crippen LogP contribution in [0.3, 0.4) is 0 Å². The molecule has 2 heterocycles. The van der Waals surface area contributed by atoms with Crippen molar-refractivity contribution in [3.05, 3.63) is 48.0 Å². The molecule has 0 spiro atoms. The van der Waals surface area contributed by atoms with Crippen LogP contribution in [0.25, 0.3) is 0 Å². The largest absolute Gasteiger partial charge is 0.291 e. The normalized spacial score (nSPS) is 10.3. The number of aryl methyl sites for hydroxylation is 1. The lowest BCUT2D eigenvalue weighted by atomic mass is 10.1. The number of aromatic nitrogens is 2. The van der Waals surface area contributed by atoms with E-state index >= 15 is 0 Å². The lowest BCUT2D eigenvalue weighted by Gasteiger charge is -2.08. The number of nitriles is 1. The second-order valence-electron chi connectivity index (χ2n) is 4.18. The van der Waals surface area contributed by atoms with E-state index in [4.69, 9.17) is 5.26 Å². The molecule has 2 aromatic heterocycles. The van der Waals surface area contributed by atoms with Crippen LogP contribution in [0, 0.1) is 25.2 Å². The molecular weight excluding hydrogens is 342 g/mol. The molecule has 0 bridgehead atoms. The zero-order chi connectivity index (χ0) is 14.9. The summed E-state index contributed by atoms with van der Waals surface area (Å²) in [7, 11) is 0. The van der Waals surface area contributed by atoms with E-state index in [0.29, 0.717) is 20.6 Å². The van der Waals surface area contributed by atoms with Gasteiger partial charge in [-0.1, -0.05) is 0 Å². The molecule has 20 heavy (non-hydrogen) atoms. The van der Waals surface area contributed by atoms with Crippen LogP contribution in [0.1, 0.15) is 26.5 Å². The Morgan fingerprint density at radius 3 is 2.80 bits per heavy atom. The van der Waals surface area contributed by atoms with Crippen molar-refractivity contribution >= 4 is 33.0 Å². The number of carbonyl (C=O) groups is 1. The van der Waals surface area contributed by atoms with Gasteiger partial charge in [-0.3, -0.25) is 9.59 Å². The summed E-state index contributed by atoms with van der Waals surface area (Å²) in [5.41, 5.74) is 0.630. The molecule has 2 aromatic rings. The summed E-state index contributed by atoms with van der Waals surface area (Å²) in [4.78, 5) is 24.8. The number of hydrogen-bond donors (Lipinski definition) is 0. The molecule has 0 atom stereocenters. The van der Waals surface area contributed by atoms with Crippen molar-refractivity contribution in [1.29, 1.82) is 5.26 Å². The first-order valence-electron chi connectivity index (χ1n) is 5.70. The molecule has 2 rings (SSSR count). The van der Waals surface area contributed by atoms with Gasteiger partial charge >= 0.3 is 0 Å². The van der Waals surface area contributed by atoms with Crippen LogP contribution in [0.5, 0.6) is 0 Å². The first-order valence-corrected chi connectivity index (χ1v) is 7.37. The quantitative estimate of drug-likeness (QED) is 0.795. The zero-order valence-electron chi connectivity index (χ0n) is 10.8. The van der Waals surface area contributed by atoms with Gasteiger partial charge in [0.15, 0.2) is 5.78 Å². The van der Waals surface area contributed by atoms with Crippen molar-refractivity contribution in [3.63, 3.8) is 0 Å². The summed E-state index contributed by atoms with van der Waals surface area (Å²) in [6, 6.07) is 3.65. The molecule has 0 saturated heterocycles. The molecule has 0 fully saturated rings. The Balaban J connectivity index is 2.44. The molecule has 0 amide bonds. The third-order valence-electron chi connectivity index (χ3n) is 2.91. The van der Waals surface area contributed by atoms with E-state index in [1.807, 2.05) is 6.07 Å². The van der Waals surface area contributed by atoms with E-state index in [1.165, 1.54) is 11.3 Å². The highest BCUT2D eigenvalue weighted by atomic mass is 79.9. The molecule has 102 valence electrons. The van der Waals surface area contributed by atoms with E-state index in [-0.39, 0.29) is 17.9 Å². The van der Waals surface area contributed by atoms with Gasteiger partial charge in [-0.15, -0.1) is 11.3 Å². The minimum atomic E-state index is -0.531. The fraction of sp³-hybridized carbons (Fsp3) is 0.231. The summed E-state index contributed by atoms with van der Waals surface area (Å²) in [5.74, 6) is -0.214. The number of thiophene rings is 1. The van der Waals surface area contributed by atoms with E-state index in [9.17, 15) is 9.59 Å². The van der Waals surface area contributed by atoms with Gasteiger partial charge in [0.1, 0.15) is 18.2 Å². The third kappa shape index (κ3) is 2.57. The highest BCUT2D eigenvalue weighted by Gasteiger charge is 2.17. The first kappa shape index (κ1) is 14.6. The molecule has 7 heteroatoms. The van der Waals surface area contributed by atoms with E-state index < -0.39 is 5.56 Å². The van der Waals surface area contributed by atoms with Crippen molar-refractivity contribution in [2.75, 3.05) is 0 Å². The van der Waals surface area contributed by atoms with Crippen molar-refractivity contribution < 1.29 is 4.79 Å². The Labute approximate surface area is 127 Å². The van der Waals surface area contributed by atoms with Gasteiger partial charge in [0.05, 0.1) is 10.6 Å². The van der Waals surface area contributed by atoms with Gasteiger partial charge in [-0.05, 0) is 46.8 Å². The molecule has 0 radical (unpaired) electrons. The molecule has 0 aliphatic rings.